The maximum atomic E-state index is 12.5. The Hall–Kier alpha value is -3.42. The minimum Gasteiger partial charge on any atom is -0.490 e. The third-order valence-electron chi connectivity index (χ3n) is 4.34. The van der Waals surface area contributed by atoms with Gasteiger partial charge in [-0.1, -0.05) is 6.07 Å². The van der Waals surface area contributed by atoms with Crippen molar-refractivity contribution in [3.05, 3.63) is 57.6 Å². The van der Waals surface area contributed by atoms with E-state index < -0.39 is 10.8 Å². The Morgan fingerprint density at radius 2 is 1.89 bits per heavy atom. The Labute approximate surface area is 155 Å². The molecule has 0 bridgehead atoms. The van der Waals surface area contributed by atoms with E-state index in [-0.39, 0.29) is 28.8 Å². The fourth-order valence-electron chi connectivity index (χ4n) is 2.59. The number of nitro groups is 1. The molecule has 1 aliphatic carbocycles. The quantitative estimate of drug-likeness (QED) is 0.598. The van der Waals surface area contributed by atoms with Crippen LogP contribution in [0.15, 0.2) is 36.4 Å². The highest BCUT2D eigenvalue weighted by Gasteiger charge is 2.29. The molecule has 0 radical (unpaired) electrons. The van der Waals surface area contributed by atoms with Crippen LogP contribution in [0.3, 0.4) is 0 Å². The predicted molar refractivity (Wildman–Crippen MR) is 100 cm³/mol. The summed E-state index contributed by atoms with van der Waals surface area (Å²) in [5.74, 6) is -0.363. The number of methoxy groups -OCH3 is 1. The number of carbonyl (C=O) groups is 2. The minimum absolute atomic E-state index is 0.0260. The van der Waals surface area contributed by atoms with Gasteiger partial charge in [-0.15, -0.1) is 0 Å². The van der Waals surface area contributed by atoms with Crippen molar-refractivity contribution in [3.8, 4) is 5.75 Å². The van der Waals surface area contributed by atoms with Crippen molar-refractivity contribution < 1.29 is 19.2 Å². The van der Waals surface area contributed by atoms with Crippen LogP contribution in [0.2, 0.25) is 0 Å². The molecule has 2 aromatic rings. The number of anilines is 2. The average Bonchev–Trinajstić information content (AvgIpc) is 3.49. The summed E-state index contributed by atoms with van der Waals surface area (Å²) >= 11 is 0. The Kier molecular flexibility index (Phi) is 5.07. The van der Waals surface area contributed by atoms with E-state index in [0.717, 1.165) is 18.4 Å². The molecular formula is C19H19N3O5. The number of hydrogen-bond acceptors (Lipinski definition) is 5. The second kappa shape index (κ2) is 7.45. The molecule has 2 N–H and O–H groups in total. The number of aryl methyl sites for hydroxylation is 1. The Morgan fingerprint density at radius 1 is 1.15 bits per heavy atom. The van der Waals surface area contributed by atoms with Crippen molar-refractivity contribution in [2.75, 3.05) is 17.7 Å². The summed E-state index contributed by atoms with van der Waals surface area (Å²) in [5.41, 5.74) is 1.76. The van der Waals surface area contributed by atoms with Gasteiger partial charge in [-0.2, -0.15) is 0 Å². The monoisotopic (exact) mass is 369 g/mol. The van der Waals surface area contributed by atoms with Crippen LogP contribution in [0, 0.1) is 23.0 Å². The van der Waals surface area contributed by atoms with E-state index in [0.29, 0.717) is 11.4 Å². The fourth-order valence-corrected chi connectivity index (χ4v) is 2.59. The fraction of sp³-hybridized carbons (Fsp3) is 0.263. The van der Waals surface area contributed by atoms with E-state index in [1.807, 2.05) is 6.92 Å². The standard InChI is InChI=1S/C19H19N3O5/c1-11-3-7-14(20-18(23)12-4-5-12)10-15(11)21-19(24)13-6-8-17(27-2)16(9-13)22(25)26/h3,6-10,12H,4-5H2,1-2H3,(H,20,23)(H,21,24). The number of amides is 2. The predicted octanol–water partition coefficient (Wildman–Crippen LogP) is 3.51. The van der Waals surface area contributed by atoms with Crippen LogP contribution < -0.4 is 15.4 Å². The number of ether oxygens (including phenoxy) is 1. The highest BCUT2D eigenvalue weighted by Crippen LogP contribution is 2.31. The van der Waals surface area contributed by atoms with Gasteiger partial charge in [0.1, 0.15) is 0 Å². The lowest BCUT2D eigenvalue weighted by atomic mass is 10.1. The second-order valence-corrected chi connectivity index (χ2v) is 6.39. The van der Waals surface area contributed by atoms with Gasteiger partial charge < -0.3 is 15.4 Å². The van der Waals surface area contributed by atoms with Gasteiger partial charge in [-0.05, 0) is 49.6 Å². The summed E-state index contributed by atoms with van der Waals surface area (Å²) in [7, 11) is 1.33. The van der Waals surface area contributed by atoms with Crippen LogP contribution in [-0.2, 0) is 4.79 Å². The summed E-state index contributed by atoms with van der Waals surface area (Å²) in [4.78, 5) is 35.0. The zero-order valence-corrected chi connectivity index (χ0v) is 14.9. The third kappa shape index (κ3) is 4.22. The highest BCUT2D eigenvalue weighted by atomic mass is 16.6. The SMILES string of the molecule is COc1ccc(C(=O)Nc2cc(NC(=O)C3CC3)ccc2C)cc1[N+](=O)[O-]. The zero-order valence-electron chi connectivity index (χ0n) is 14.9. The molecule has 2 aromatic carbocycles. The third-order valence-corrected chi connectivity index (χ3v) is 4.34. The molecule has 0 atom stereocenters. The normalized spacial score (nSPS) is 13.0. The van der Waals surface area contributed by atoms with Crippen LogP contribution in [0.1, 0.15) is 28.8 Å². The van der Waals surface area contributed by atoms with E-state index in [1.165, 1.54) is 25.3 Å². The molecule has 0 saturated heterocycles. The first-order chi connectivity index (χ1) is 12.9. The Bertz CT molecular complexity index is 922. The number of benzene rings is 2. The summed E-state index contributed by atoms with van der Waals surface area (Å²) < 4.78 is 4.94. The lowest BCUT2D eigenvalue weighted by Gasteiger charge is -2.12. The van der Waals surface area contributed by atoms with Crippen LogP contribution >= 0.6 is 0 Å². The van der Waals surface area contributed by atoms with E-state index in [4.69, 9.17) is 4.74 Å². The lowest BCUT2D eigenvalue weighted by Crippen LogP contribution is -2.15. The van der Waals surface area contributed by atoms with Gasteiger partial charge >= 0.3 is 5.69 Å². The van der Waals surface area contributed by atoms with Crippen LogP contribution in [0.5, 0.6) is 5.75 Å². The molecule has 0 unspecified atom stereocenters. The van der Waals surface area contributed by atoms with E-state index in [9.17, 15) is 19.7 Å². The molecule has 0 aromatic heterocycles. The van der Waals surface area contributed by atoms with Gasteiger partial charge in [-0.3, -0.25) is 19.7 Å². The van der Waals surface area contributed by atoms with Crippen LogP contribution in [0.4, 0.5) is 17.1 Å². The number of nitrogens with zero attached hydrogens (tertiary/aromatic N) is 1. The molecular weight excluding hydrogens is 350 g/mol. The van der Waals surface area contributed by atoms with E-state index in [1.54, 1.807) is 18.2 Å². The number of nitro benzene ring substituents is 1. The summed E-state index contributed by atoms with van der Waals surface area (Å²) in [6, 6.07) is 9.23. The second-order valence-electron chi connectivity index (χ2n) is 6.39. The first-order valence-corrected chi connectivity index (χ1v) is 8.44. The van der Waals surface area contributed by atoms with Gasteiger partial charge in [0.25, 0.3) is 5.91 Å². The van der Waals surface area contributed by atoms with Crippen molar-refractivity contribution >= 4 is 28.9 Å². The first-order valence-electron chi connectivity index (χ1n) is 8.44. The largest absolute Gasteiger partial charge is 0.490 e. The highest BCUT2D eigenvalue weighted by molar-refractivity contribution is 6.05. The molecule has 1 saturated carbocycles. The summed E-state index contributed by atoms with van der Waals surface area (Å²) in [5, 5.41) is 16.7. The molecule has 1 fully saturated rings. The van der Waals surface area contributed by atoms with Crippen molar-refractivity contribution in [2.24, 2.45) is 5.92 Å². The van der Waals surface area contributed by atoms with Gasteiger partial charge in [0.2, 0.25) is 5.91 Å². The topological polar surface area (TPSA) is 111 Å². The first kappa shape index (κ1) is 18.4. The van der Waals surface area contributed by atoms with Crippen LogP contribution in [-0.4, -0.2) is 23.8 Å². The van der Waals surface area contributed by atoms with Gasteiger partial charge in [0, 0.05) is 28.9 Å². The zero-order chi connectivity index (χ0) is 19.6. The van der Waals surface area contributed by atoms with E-state index in [2.05, 4.69) is 10.6 Å². The molecule has 8 heteroatoms. The smallest absolute Gasteiger partial charge is 0.311 e. The molecule has 0 spiro atoms. The van der Waals surface area contributed by atoms with Gasteiger partial charge in [-0.25, -0.2) is 0 Å². The molecule has 27 heavy (non-hydrogen) atoms. The number of hydrogen-bond donors (Lipinski definition) is 2. The summed E-state index contributed by atoms with van der Waals surface area (Å²) in [6.07, 6.45) is 1.80. The molecule has 1 aliphatic rings. The Morgan fingerprint density at radius 3 is 2.52 bits per heavy atom. The average molecular weight is 369 g/mol. The van der Waals surface area contributed by atoms with Crippen molar-refractivity contribution in [2.45, 2.75) is 19.8 Å². The summed E-state index contributed by atoms with van der Waals surface area (Å²) in [6.45, 7) is 1.82. The number of nitrogens with one attached hydrogen (secondary N) is 2. The van der Waals surface area contributed by atoms with Crippen LogP contribution in [0.25, 0.3) is 0 Å². The number of carbonyl (C=O) groups excluding carboxylic acids is 2. The minimum atomic E-state index is -0.602. The van der Waals surface area contributed by atoms with Gasteiger partial charge in [0.15, 0.2) is 5.75 Å². The maximum Gasteiger partial charge on any atom is 0.311 e. The van der Waals surface area contributed by atoms with Crippen molar-refractivity contribution in [3.63, 3.8) is 0 Å². The lowest BCUT2D eigenvalue weighted by molar-refractivity contribution is -0.385. The van der Waals surface area contributed by atoms with Crippen molar-refractivity contribution in [1.82, 2.24) is 0 Å². The molecule has 0 heterocycles. The van der Waals surface area contributed by atoms with E-state index >= 15 is 0 Å². The molecule has 8 nitrogen and oxygen atoms in total. The van der Waals surface area contributed by atoms with Gasteiger partial charge in [0.05, 0.1) is 12.0 Å². The maximum absolute atomic E-state index is 12.5. The molecule has 140 valence electrons. The molecule has 0 aliphatic heterocycles. The Balaban J connectivity index is 1.80. The molecule has 2 amide bonds. The van der Waals surface area contributed by atoms with Crippen molar-refractivity contribution in [1.29, 1.82) is 0 Å². The number of rotatable bonds is 6. The molecule has 3 rings (SSSR count).